The average molecular weight is 751 g/mol. The SMILES string of the molecule is C=CCN(C(=O)[C@H]1[C@@H]2OC3(CC2Br)C(C(=O)N(CC=C)C(C)(C)CC(C)(C)C)N([C@H](CO)c2ccccc2)C(=O)[C@H]13)c1ccc(OCC)cc1. The second-order valence-corrected chi connectivity index (χ2v) is 16.6. The van der Waals surface area contributed by atoms with Crippen LogP contribution in [-0.2, 0) is 19.1 Å². The summed E-state index contributed by atoms with van der Waals surface area (Å²) in [5.74, 6) is -2.10. The molecule has 3 fully saturated rings. The molecule has 10 heteroatoms. The number of carbonyl (C=O) groups is 3. The van der Waals surface area contributed by atoms with Gasteiger partial charge in [-0.2, -0.15) is 0 Å². The minimum absolute atomic E-state index is 0.108. The Morgan fingerprint density at radius 1 is 1.06 bits per heavy atom. The number of likely N-dealkylation sites (tertiary alicyclic amines) is 1. The zero-order chi connectivity index (χ0) is 36.6. The first-order valence-corrected chi connectivity index (χ1v) is 18.4. The molecule has 3 aliphatic rings. The summed E-state index contributed by atoms with van der Waals surface area (Å²) in [7, 11) is 0. The van der Waals surface area contributed by atoms with Gasteiger partial charge in [0.05, 0.1) is 37.2 Å². The van der Waals surface area contributed by atoms with Crippen molar-refractivity contribution in [1.29, 1.82) is 0 Å². The minimum atomic E-state index is -1.31. The number of nitrogens with zero attached hydrogens (tertiary/aromatic N) is 3. The molecule has 0 aromatic heterocycles. The van der Waals surface area contributed by atoms with Gasteiger partial charge in [-0.1, -0.05) is 79.2 Å². The summed E-state index contributed by atoms with van der Waals surface area (Å²) in [5, 5.41) is 11.0. The number of rotatable bonds is 14. The van der Waals surface area contributed by atoms with Crippen LogP contribution in [0.1, 0.15) is 66.0 Å². The van der Waals surface area contributed by atoms with Crippen LogP contribution in [0, 0.1) is 17.3 Å². The van der Waals surface area contributed by atoms with E-state index in [-0.39, 0.29) is 41.1 Å². The normalized spacial score (nSPS) is 26.4. The zero-order valence-corrected chi connectivity index (χ0v) is 31.8. The fourth-order valence-electron chi connectivity index (χ4n) is 8.82. The average Bonchev–Trinajstić information content (AvgIpc) is 3.65. The van der Waals surface area contributed by atoms with Crippen molar-refractivity contribution >= 4 is 39.3 Å². The first-order chi connectivity index (χ1) is 23.7. The van der Waals surface area contributed by atoms with E-state index in [1.54, 1.807) is 22.0 Å². The third kappa shape index (κ3) is 6.78. The number of ether oxygens (including phenoxy) is 2. The molecule has 50 heavy (non-hydrogen) atoms. The van der Waals surface area contributed by atoms with E-state index < -0.39 is 47.8 Å². The van der Waals surface area contributed by atoms with Gasteiger partial charge in [0.2, 0.25) is 17.7 Å². The Balaban J connectivity index is 1.64. The molecule has 3 aliphatic heterocycles. The Kier molecular flexibility index (Phi) is 11.1. The van der Waals surface area contributed by atoms with Crippen LogP contribution in [0.3, 0.4) is 0 Å². The predicted molar refractivity (Wildman–Crippen MR) is 199 cm³/mol. The summed E-state index contributed by atoms with van der Waals surface area (Å²) < 4.78 is 12.5. The number of aliphatic hydroxyl groups is 1. The first-order valence-electron chi connectivity index (χ1n) is 17.5. The van der Waals surface area contributed by atoms with Crippen LogP contribution in [-0.4, -0.2) is 87.0 Å². The molecule has 3 unspecified atom stereocenters. The molecule has 3 amide bonds. The molecule has 7 atom stereocenters. The first kappa shape index (κ1) is 37.8. The summed E-state index contributed by atoms with van der Waals surface area (Å²) in [4.78, 5) is 49.9. The Labute approximate surface area is 305 Å². The van der Waals surface area contributed by atoms with Crippen molar-refractivity contribution in [2.75, 3.05) is 31.2 Å². The number of anilines is 1. The van der Waals surface area contributed by atoms with E-state index in [4.69, 9.17) is 9.47 Å². The number of fused-ring (bicyclic) bond motifs is 1. The van der Waals surface area contributed by atoms with E-state index in [2.05, 4.69) is 49.9 Å². The van der Waals surface area contributed by atoms with Gasteiger partial charge in [-0.25, -0.2) is 0 Å². The quantitative estimate of drug-likeness (QED) is 0.180. The molecule has 0 radical (unpaired) electrons. The van der Waals surface area contributed by atoms with Gasteiger partial charge >= 0.3 is 0 Å². The summed E-state index contributed by atoms with van der Waals surface area (Å²) >= 11 is 3.82. The molecule has 270 valence electrons. The molecule has 3 heterocycles. The Hall–Kier alpha value is -3.47. The van der Waals surface area contributed by atoms with Crippen LogP contribution in [0.15, 0.2) is 79.9 Å². The maximum atomic E-state index is 15.3. The molecular formula is C40H52BrN3O6. The lowest BCUT2D eigenvalue weighted by Crippen LogP contribution is -2.61. The van der Waals surface area contributed by atoms with Gasteiger partial charge in [0.1, 0.15) is 17.4 Å². The van der Waals surface area contributed by atoms with Crippen molar-refractivity contribution in [3.05, 3.63) is 85.5 Å². The number of carbonyl (C=O) groups excluding carboxylic acids is 3. The predicted octanol–water partition coefficient (Wildman–Crippen LogP) is 6.32. The third-order valence-electron chi connectivity index (χ3n) is 10.2. The van der Waals surface area contributed by atoms with Crippen LogP contribution in [0.4, 0.5) is 5.69 Å². The van der Waals surface area contributed by atoms with Gasteiger partial charge in [-0.3, -0.25) is 14.4 Å². The Morgan fingerprint density at radius 2 is 1.70 bits per heavy atom. The largest absolute Gasteiger partial charge is 0.494 e. The van der Waals surface area contributed by atoms with Crippen molar-refractivity contribution in [3.8, 4) is 5.75 Å². The van der Waals surface area contributed by atoms with E-state index in [0.29, 0.717) is 36.4 Å². The highest BCUT2D eigenvalue weighted by Gasteiger charge is 2.77. The number of benzene rings is 2. The molecule has 0 saturated carbocycles. The molecule has 1 spiro atoms. The maximum absolute atomic E-state index is 15.3. The Morgan fingerprint density at radius 3 is 2.26 bits per heavy atom. The molecule has 2 aromatic carbocycles. The highest BCUT2D eigenvalue weighted by Crippen LogP contribution is 2.62. The van der Waals surface area contributed by atoms with Crippen LogP contribution in [0.2, 0.25) is 0 Å². The molecule has 9 nitrogen and oxygen atoms in total. The van der Waals surface area contributed by atoms with Crippen molar-refractivity contribution in [2.45, 2.75) is 88.5 Å². The maximum Gasteiger partial charge on any atom is 0.249 e. The van der Waals surface area contributed by atoms with Crippen molar-refractivity contribution in [1.82, 2.24) is 9.80 Å². The molecule has 5 rings (SSSR count). The number of aliphatic hydroxyl groups excluding tert-OH is 1. The van der Waals surface area contributed by atoms with E-state index >= 15 is 9.59 Å². The topological polar surface area (TPSA) is 99.6 Å². The van der Waals surface area contributed by atoms with E-state index in [0.717, 1.165) is 0 Å². The van der Waals surface area contributed by atoms with Crippen LogP contribution in [0.25, 0.3) is 0 Å². The van der Waals surface area contributed by atoms with E-state index in [1.165, 1.54) is 4.90 Å². The van der Waals surface area contributed by atoms with Gasteiger partial charge in [-0.05, 0) is 68.9 Å². The molecule has 2 bridgehead atoms. The standard InChI is InChI=1S/C40H52BrN3O6/c1-9-21-42(27-17-19-28(20-18-27)49-11-3)35(46)31-32-36(47)44(30(24-45)26-15-13-12-14-16-26)34(40(32)23-29(41)33(31)50-40)37(48)43(22-10-2)39(7,8)25-38(4,5)6/h9-10,12-20,29-34,45H,1-2,11,21-25H2,3-8H3/t29?,30-,31-,32+,33-,34?,40?/m1/s1. The van der Waals surface area contributed by atoms with Crippen LogP contribution >= 0.6 is 15.9 Å². The molecule has 2 aromatic rings. The lowest BCUT2D eigenvalue weighted by molar-refractivity contribution is -0.155. The lowest BCUT2D eigenvalue weighted by Gasteiger charge is -2.46. The highest BCUT2D eigenvalue weighted by molar-refractivity contribution is 9.09. The van der Waals surface area contributed by atoms with Gasteiger partial charge in [-0.15, -0.1) is 13.2 Å². The van der Waals surface area contributed by atoms with Crippen molar-refractivity contribution in [3.63, 3.8) is 0 Å². The molecular weight excluding hydrogens is 698 g/mol. The van der Waals surface area contributed by atoms with E-state index in [9.17, 15) is 9.90 Å². The second-order valence-electron chi connectivity index (χ2n) is 15.5. The fourth-order valence-corrected chi connectivity index (χ4v) is 9.76. The zero-order valence-electron chi connectivity index (χ0n) is 30.2. The molecule has 3 saturated heterocycles. The summed E-state index contributed by atoms with van der Waals surface area (Å²) in [5.41, 5.74) is -0.719. The number of hydrogen-bond donors (Lipinski definition) is 1. The smallest absolute Gasteiger partial charge is 0.249 e. The van der Waals surface area contributed by atoms with Crippen LogP contribution in [0.5, 0.6) is 5.75 Å². The third-order valence-corrected chi connectivity index (χ3v) is 11.1. The molecule has 1 N–H and O–H groups in total. The monoisotopic (exact) mass is 749 g/mol. The number of amides is 3. The minimum Gasteiger partial charge on any atom is -0.494 e. The van der Waals surface area contributed by atoms with Gasteiger partial charge in [0.15, 0.2) is 0 Å². The van der Waals surface area contributed by atoms with Crippen molar-refractivity contribution < 1.29 is 29.0 Å². The lowest BCUT2D eigenvalue weighted by atomic mass is 9.69. The van der Waals surface area contributed by atoms with E-state index in [1.807, 2.05) is 75.4 Å². The number of hydrogen-bond acceptors (Lipinski definition) is 6. The van der Waals surface area contributed by atoms with Crippen LogP contribution < -0.4 is 9.64 Å². The Bertz CT molecular complexity index is 1570. The van der Waals surface area contributed by atoms with Gasteiger partial charge in [0, 0.05) is 29.1 Å². The summed E-state index contributed by atoms with van der Waals surface area (Å²) in [6.45, 7) is 20.8. The number of halogens is 1. The summed E-state index contributed by atoms with van der Waals surface area (Å²) in [6.07, 6.45) is 3.74. The second kappa shape index (κ2) is 14.6. The molecule has 0 aliphatic carbocycles. The summed E-state index contributed by atoms with van der Waals surface area (Å²) in [6, 6.07) is 14.6. The van der Waals surface area contributed by atoms with Gasteiger partial charge < -0.3 is 29.3 Å². The van der Waals surface area contributed by atoms with Crippen molar-refractivity contribution in [2.24, 2.45) is 17.3 Å². The van der Waals surface area contributed by atoms with Gasteiger partial charge in [0.25, 0.3) is 0 Å². The number of alkyl halides is 1. The fraction of sp³-hybridized carbons (Fsp3) is 0.525. The highest BCUT2D eigenvalue weighted by atomic mass is 79.9.